The van der Waals surface area contributed by atoms with Crippen molar-refractivity contribution in [2.45, 2.75) is 19.5 Å². The zero-order valence-electron chi connectivity index (χ0n) is 20.4. The average molecular weight is 495 g/mol. The van der Waals surface area contributed by atoms with Crippen LogP contribution in [-0.2, 0) is 20.9 Å². The summed E-state index contributed by atoms with van der Waals surface area (Å²) < 4.78 is 21.3. The number of nitrogens with one attached hydrogen (secondary N) is 1. The molecule has 5 rings (SSSR count). The molecule has 0 aromatic heterocycles. The quantitative estimate of drug-likeness (QED) is 0.480. The molecule has 2 aromatic rings. The Kier molecular flexibility index (Phi) is 6.95. The van der Waals surface area contributed by atoms with Crippen LogP contribution in [-0.4, -0.2) is 74.3 Å². The van der Waals surface area contributed by atoms with Gasteiger partial charge in [-0.1, -0.05) is 18.2 Å². The topological polar surface area (TPSA) is 102 Å². The molecular formula is C26H30N4O6. The molecule has 1 fully saturated rings. The van der Waals surface area contributed by atoms with Gasteiger partial charge in [0.1, 0.15) is 11.8 Å². The summed E-state index contributed by atoms with van der Waals surface area (Å²) in [7, 11) is 1.59. The van der Waals surface area contributed by atoms with Crippen LogP contribution in [0.3, 0.4) is 0 Å². The number of fused-ring (bicyclic) bond motifs is 1. The maximum Gasteiger partial charge on any atom is 0.321 e. The van der Waals surface area contributed by atoms with Gasteiger partial charge >= 0.3 is 5.97 Å². The van der Waals surface area contributed by atoms with Gasteiger partial charge in [0.05, 0.1) is 13.7 Å². The number of benzene rings is 2. The van der Waals surface area contributed by atoms with E-state index in [2.05, 4.69) is 21.2 Å². The number of esters is 1. The van der Waals surface area contributed by atoms with E-state index in [4.69, 9.17) is 23.9 Å². The second-order valence-corrected chi connectivity index (χ2v) is 8.84. The molecule has 190 valence electrons. The summed E-state index contributed by atoms with van der Waals surface area (Å²) in [5.41, 5.74) is 1.91. The monoisotopic (exact) mass is 494 g/mol. The SMILES string of the molecule is CCOC(=O)[C@@H]1C(=O)NC(N2CCN(Cc3ccc4c(c3)OCO4)CC2)=N[C@H]1c1ccc(OC)cc1. The van der Waals surface area contributed by atoms with E-state index < -0.39 is 23.8 Å². The highest BCUT2D eigenvalue weighted by molar-refractivity contribution is 6.08. The summed E-state index contributed by atoms with van der Waals surface area (Å²) in [6, 6.07) is 12.6. The number of ether oxygens (including phenoxy) is 4. The van der Waals surface area contributed by atoms with E-state index >= 15 is 0 Å². The minimum absolute atomic E-state index is 0.194. The van der Waals surface area contributed by atoms with Gasteiger partial charge in [0.2, 0.25) is 18.7 Å². The molecule has 10 nitrogen and oxygen atoms in total. The highest BCUT2D eigenvalue weighted by atomic mass is 16.7. The van der Waals surface area contributed by atoms with E-state index in [1.54, 1.807) is 26.2 Å². The number of carbonyl (C=O) groups excluding carboxylic acids is 2. The Morgan fingerprint density at radius 2 is 1.83 bits per heavy atom. The Morgan fingerprint density at radius 3 is 2.56 bits per heavy atom. The first-order valence-electron chi connectivity index (χ1n) is 12.1. The first-order chi connectivity index (χ1) is 17.6. The predicted molar refractivity (Wildman–Crippen MR) is 131 cm³/mol. The van der Waals surface area contributed by atoms with Gasteiger partial charge in [0, 0.05) is 32.7 Å². The molecular weight excluding hydrogens is 464 g/mol. The number of piperazine rings is 1. The van der Waals surface area contributed by atoms with Gasteiger partial charge in [-0.2, -0.15) is 0 Å². The van der Waals surface area contributed by atoms with Gasteiger partial charge in [-0.15, -0.1) is 0 Å². The van der Waals surface area contributed by atoms with Gasteiger partial charge in [-0.05, 0) is 42.3 Å². The van der Waals surface area contributed by atoms with Gasteiger partial charge < -0.3 is 23.8 Å². The molecule has 2 aromatic carbocycles. The lowest BCUT2D eigenvalue weighted by Gasteiger charge is -2.39. The van der Waals surface area contributed by atoms with Gasteiger partial charge in [-0.3, -0.25) is 19.8 Å². The van der Waals surface area contributed by atoms with Crippen molar-refractivity contribution in [1.82, 2.24) is 15.1 Å². The van der Waals surface area contributed by atoms with Crippen LogP contribution in [0.5, 0.6) is 17.2 Å². The van der Waals surface area contributed by atoms with Gasteiger partial charge in [0.25, 0.3) is 0 Å². The molecule has 3 aliphatic heterocycles. The van der Waals surface area contributed by atoms with Crippen LogP contribution in [0.1, 0.15) is 24.1 Å². The third-order valence-electron chi connectivity index (χ3n) is 6.61. The van der Waals surface area contributed by atoms with Crippen molar-refractivity contribution in [3.05, 3.63) is 53.6 Å². The van der Waals surface area contributed by atoms with E-state index in [1.165, 1.54) is 0 Å². The summed E-state index contributed by atoms with van der Waals surface area (Å²) in [4.78, 5) is 35.0. The summed E-state index contributed by atoms with van der Waals surface area (Å²) >= 11 is 0. The molecule has 1 saturated heterocycles. The normalized spacial score (nSPS) is 21.6. The van der Waals surface area contributed by atoms with Crippen LogP contribution in [0.4, 0.5) is 0 Å². The Labute approximate surface area is 209 Å². The lowest BCUT2D eigenvalue weighted by Crippen LogP contribution is -2.57. The highest BCUT2D eigenvalue weighted by Gasteiger charge is 2.42. The van der Waals surface area contributed by atoms with Gasteiger partial charge in [-0.25, -0.2) is 4.99 Å². The number of rotatable bonds is 6. The fourth-order valence-corrected chi connectivity index (χ4v) is 4.68. The lowest BCUT2D eigenvalue weighted by molar-refractivity contribution is -0.153. The highest BCUT2D eigenvalue weighted by Crippen LogP contribution is 2.34. The molecule has 2 atom stereocenters. The second kappa shape index (κ2) is 10.4. The maximum atomic E-state index is 13.1. The van der Waals surface area contributed by atoms with Gasteiger partial charge in [0.15, 0.2) is 17.4 Å². The van der Waals surface area contributed by atoms with E-state index in [9.17, 15) is 9.59 Å². The van der Waals surface area contributed by atoms with E-state index in [0.29, 0.717) is 24.8 Å². The van der Waals surface area contributed by atoms with Crippen molar-refractivity contribution >= 4 is 17.8 Å². The molecule has 3 heterocycles. The standard InChI is InChI=1S/C26H30N4O6/c1-3-34-25(32)22-23(18-5-7-19(33-2)8-6-18)27-26(28-24(22)31)30-12-10-29(11-13-30)15-17-4-9-20-21(14-17)36-16-35-20/h4-9,14,22-23H,3,10-13,15-16H2,1-2H3,(H,27,28,31)/t22-,23-/m0/s1. The largest absolute Gasteiger partial charge is 0.497 e. The molecule has 0 spiro atoms. The predicted octanol–water partition coefficient (Wildman–Crippen LogP) is 1.95. The summed E-state index contributed by atoms with van der Waals surface area (Å²) in [6.45, 7) is 5.98. The average Bonchev–Trinajstić information content (AvgIpc) is 3.37. The van der Waals surface area contributed by atoms with E-state index in [1.807, 2.05) is 24.3 Å². The number of hydrogen-bond acceptors (Lipinski definition) is 9. The first kappa shape index (κ1) is 23.9. The van der Waals surface area contributed by atoms with E-state index in [0.717, 1.165) is 42.3 Å². The third-order valence-corrected chi connectivity index (χ3v) is 6.61. The molecule has 0 aliphatic carbocycles. The van der Waals surface area contributed by atoms with Crippen LogP contribution in [0.25, 0.3) is 0 Å². The minimum atomic E-state index is -1.05. The number of hydrogen-bond donors (Lipinski definition) is 1. The number of nitrogens with zero attached hydrogens (tertiary/aromatic N) is 3. The van der Waals surface area contributed by atoms with Crippen molar-refractivity contribution in [1.29, 1.82) is 0 Å². The van der Waals surface area contributed by atoms with Crippen molar-refractivity contribution in [2.75, 3.05) is 46.7 Å². The van der Waals surface area contributed by atoms with Crippen molar-refractivity contribution in [2.24, 2.45) is 10.9 Å². The van der Waals surface area contributed by atoms with Crippen LogP contribution >= 0.6 is 0 Å². The summed E-state index contributed by atoms with van der Waals surface area (Å²) in [6.07, 6.45) is 0. The number of guanidine groups is 1. The first-order valence-corrected chi connectivity index (χ1v) is 12.1. The van der Waals surface area contributed by atoms with Crippen LogP contribution in [0, 0.1) is 5.92 Å². The van der Waals surface area contributed by atoms with E-state index in [-0.39, 0.29) is 13.4 Å². The van der Waals surface area contributed by atoms with Crippen molar-refractivity contribution in [3.8, 4) is 17.2 Å². The number of carbonyl (C=O) groups is 2. The second-order valence-electron chi connectivity index (χ2n) is 8.84. The molecule has 3 aliphatic rings. The molecule has 1 amide bonds. The lowest BCUT2D eigenvalue weighted by atomic mass is 9.91. The molecule has 1 N–H and O–H groups in total. The zero-order valence-corrected chi connectivity index (χ0v) is 20.4. The summed E-state index contributed by atoms with van der Waals surface area (Å²) in [5, 5.41) is 2.85. The molecule has 0 bridgehead atoms. The molecule has 0 radical (unpaired) electrons. The summed E-state index contributed by atoms with van der Waals surface area (Å²) in [5.74, 6) is 0.718. The number of methoxy groups -OCH3 is 1. The van der Waals surface area contributed by atoms with Crippen LogP contribution in [0.15, 0.2) is 47.5 Å². The van der Waals surface area contributed by atoms with Crippen LogP contribution < -0.4 is 19.5 Å². The fourth-order valence-electron chi connectivity index (χ4n) is 4.68. The molecule has 10 heteroatoms. The van der Waals surface area contributed by atoms with Crippen LogP contribution in [0.2, 0.25) is 0 Å². The molecule has 36 heavy (non-hydrogen) atoms. The fraction of sp³-hybridized carbons (Fsp3) is 0.423. The Hall–Kier alpha value is -3.79. The smallest absolute Gasteiger partial charge is 0.321 e. The molecule has 0 saturated carbocycles. The Bertz CT molecular complexity index is 1140. The zero-order chi connectivity index (χ0) is 25.1. The number of amides is 1. The Morgan fingerprint density at radius 1 is 1.08 bits per heavy atom. The maximum absolute atomic E-state index is 13.1. The third kappa shape index (κ3) is 4.94. The number of aliphatic imine (C=N–C) groups is 1. The Balaban J connectivity index is 1.29. The van der Waals surface area contributed by atoms with Crippen molar-refractivity contribution < 1.29 is 28.5 Å². The minimum Gasteiger partial charge on any atom is -0.497 e. The van der Waals surface area contributed by atoms with Crippen molar-refractivity contribution in [3.63, 3.8) is 0 Å². The molecule has 0 unspecified atom stereocenters.